The van der Waals surface area contributed by atoms with E-state index in [1.54, 1.807) is 13.0 Å². The van der Waals surface area contributed by atoms with Crippen LogP contribution in [0.5, 0.6) is 5.75 Å². The van der Waals surface area contributed by atoms with Crippen LogP contribution >= 0.6 is 0 Å². The lowest BCUT2D eigenvalue weighted by Crippen LogP contribution is -2.19. The second kappa shape index (κ2) is 8.68. The molecule has 0 fully saturated rings. The summed E-state index contributed by atoms with van der Waals surface area (Å²) in [5, 5.41) is 8.40. The quantitative estimate of drug-likeness (QED) is 0.566. The summed E-state index contributed by atoms with van der Waals surface area (Å²) in [5.41, 5.74) is 1.22. The van der Waals surface area contributed by atoms with E-state index in [1.807, 2.05) is 6.92 Å². The normalized spacial score (nSPS) is 10.5. The zero-order valence-corrected chi connectivity index (χ0v) is 16.8. The number of pyridine rings is 1. The summed E-state index contributed by atoms with van der Waals surface area (Å²) in [5.74, 6) is -0.831. The first-order valence-corrected chi connectivity index (χ1v) is 8.92. The fourth-order valence-electron chi connectivity index (χ4n) is 2.86. The van der Waals surface area contributed by atoms with E-state index in [0.29, 0.717) is 23.5 Å². The topological polar surface area (TPSA) is 101 Å². The predicted molar refractivity (Wildman–Crippen MR) is 109 cm³/mol. The van der Waals surface area contributed by atoms with Crippen LogP contribution in [0.25, 0.3) is 0 Å². The minimum Gasteiger partial charge on any atom is -0.492 e. The zero-order valence-electron chi connectivity index (χ0n) is 16.8. The molecule has 30 heavy (non-hydrogen) atoms. The van der Waals surface area contributed by atoms with Gasteiger partial charge in [0.05, 0.1) is 24.0 Å². The molecule has 1 amide bonds. The standard InChI is InChI=1S/C20H20F2N6O2/c1-10-5-18(26-11(2)25-10)28-17-8-15(13(9-24-17)20(29)23-3)27-16-7-12(21)6-14(22)19(16)30-4/h5-9H,1-4H3,(H,23,29)(H2,24,25,26,27,28). The Balaban J connectivity index is 2.03. The number of nitrogens with zero attached hydrogens (tertiary/aromatic N) is 3. The minimum absolute atomic E-state index is 0.0195. The molecule has 0 bridgehead atoms. The maximum atomic E-state index is 14.1. The van der Waals surface area contributed by atoms with Crippen LogP contribution in [0, 0.1) is 25.5 Å². The molecule has 3 N–H and O–H groups in total. The molecule has 0 aliphatic rings. The molecule has 0 atom stereocenters. The second-order valence-corrected chi connectivity index (χ2v) is 6.35. The van der Waals surface area contributed by atoms with Gasteiger partial charge < -0.3 is 20.7 Å². The highest BCUT2D eigenvalue weighted by molar-refractivity contribution is 6.00. The third-order valence-corrected chi connectivity index (χ3v) is 4.08. The van der Waals surface area contributed by atoms with E-state index in [9.17, 15) is 13.6 Å². The van der Waals surface area contributed by atoms with E-state index in [4.69, 9.17) is 4.74 Å². The summed E-state index contributed by atoms with van der Waals surface area (Å²) in [7, 11) is 2.73. The Bertz CT molecular complexity index is 1090. The van der Waals surface area contributed by atoms with Crippen LogP contribution in [-0.4, -0.2) is 35.0 Å². The molecule has 3 aromatic rings. The van der Waals surface area contributed by atoms with E-state index in [2.05, 4.69) is 30.9 Å². The molecule has 0 saturated carbocycles. The molecule has 0 unspecified atom stereocenters. The third-order valence-electron chi connectivity index (χ3n) is 4.08. The zero-order chi connectivity index (χ0) is 21.8. The van der Waals surface area contributed by atoms with Crippen molar-refractivity contribution in [2.75, 3.05) is 24.8 Å². The van der Waals surface area contributed by atoms with Gasteiger partial charge in [0.2, 0.25) is 0 Å². The first kappa shape index (κ1) is 20.9. The number of carbonyl (C=O) groups excluding carboxylic acids is 1. The van der Waals surface area contributed by atoms with Crippen molar-refractivity contribution in [3.63, 3.8) is 0 Å². The summed E-state index contributed by atoms with van der Waals surface area (Å²) in [4.78, 5) is 25.0. The number of anilines is 4. The number of methoxy groups -OCH3 is 1. The fourth-order valence-corrected chi connectivity index (χ4v) is 2.86. The maximum Gasteiger partial charge on any atom is 0.254 e. The molecule has 8 nitrogen and oxygen atoms in total. The molecule has 0 spiro atoms. The Morgan fingerprint density at radius 2 is 1.77 bits per heavy atom. The van der Waals surface area contributed by atoms with Gasteiger partial charge in [-0.1, -0.05) is 0 Å². The molecule has 1 aromatic carbocycles. The molecule has 0 aliphatic heterocycles. The van der Waals surface area contributed by atoms with E-state index >= 15 is 0 Å². The van der Waals surface area contributed by atoms with Gasteiger partial charge in [-0.05, 0) is 13.8 Å². The number of rotatable bonds is 6. The first-order valence-electron chi connectivity index (χ1n) is 8.92. The number of nitrogens with one attached hydrogen (secondary N) is 3. The summed E-state index contributed by atoms with van der Waals surface area (Å²) >= 11 is 0. The fraction of sp³-hybridized carbons (Fsp3) is 0.200. The summed E-state index contributed by atoms with van der Waals surface area (Å²) in [6.07, 6.45) is 1.34. The van der Waals surface area contributed by atoms with Crippen LogP contribution in [0.15, 0.2) is 30.5 Å². The minimum atomic E-state index is -0.874. The molecule has 0 aliphatic carbocycles. The number of carbonyl (C=O) groups is 1. The van der Waals surface area contributed by atoms with Gasteiger partial charge in [-0.15, -0.1) is 0 Å². The molecular weight excluding hydrogens is 394 g/mol. The number of aromatic nitrogens is 3. The van der Waals surface area contributed by atoms with Crippen molar-refractivity contribution in [2.45, 2.75) is 13.8 Å². The number of hydrogen-bond acceptors (Lipinski definition) is 7. The van der Waals surface area contributed by atoms with Crippen LogP contribution in [0.2, 0.25) is 0 Å². The second-order valence-electron chi connectivity index (χ2n) is 6.35. The Morgan fingerprint density at radius 3 is 2.43 bits per heavy atom. The van der Waals surface area contributed by atoms with Crippen LogP contribution in [0.4, 0.5) is 31.8 Å². The maximum absolute atomic E-state index is 14.1. The number of halogens is 2. The Labute approximate surface area is 171 Å². The van der Waals surface area contributed by atoms with Crippen molar-refractivity contribution in [1.82, 2.24) is 20.3 Å². The highest BCUT2D eigenvalue weighted by Crippen LogP contribution is 2.33. The molecular formula is C20H20F2N6O2. The lowest BCUT2D eigenvalue weighted by atomic mass is 10.2. The molecule has 0 saturated heterocycles. The summed E-state index contributed by atoms with van der Waals surface area (Å²) < 4.78 is 32.8. The Kier molecular flexibility index (Phi) is 6.05. The predicted octanol–water partition coefficient (Wildman–Crippen LogP) is 3.62. The molecule has 10 heteroatoms. The molecule has 3 rings (SSSR count). The van der Waals surface area contributed by atoms with Gasteiger partial charge in [-0.25, -0.2) is 23.7 Å². The highest BCUT2D eigenvalue weighted by atomic mass is 19.1. The Hall–Kier alpha value is -3.82. The van der Waals surface area contributed by atoms with Gasteiger partial charge >= 0.3 is 0 Å². The van der Waals surface area contributed by atoms with E-state index in [0.717, 1.165) is 11.8 Å². The van der Waals surface area contributed by atoms with Crippen LogP contribution in [0.1, 0.15) is 21.9 Å². The Morgan fingerprint density at radius 1 is 1.00 bits per heavy atom. The van der Waals surface area contributed by atoms with Gasteiger partial charge in [-0.2, -0.15) is 0 Å². The van der Waals surface area contributed by atoms with Crippen LogP contribution in [0.3, 0.4) is 0 Å². The third kappa shape index (κ3) is 4.59. The van der Waals surface area contributed by atoms with Crippen LogP contribution in [-0.2, 0) is 0 Å². The lowest BCUT2D eigenvalue weighted by molar-refractivity contribution is 0.0963. The largest absolute Gasteiger partial charge is 0.492 e. The van der Waals surface area contributed by atoms with Gasteiger partial charge in [0.25, 0.3) is 5.91 Å². The smallest absolute Gasteiger partial charge is 0.254 e. The van der Waals surface area contributed by atoms with Crippen molar-refractivity contribution in [1.29, 1.82) is 0 Å². The number of aryl methyl sites for hydroxylation is 2. The van der Waals surface area contributed by atoms with Gasteiger partial charge in [-0.3, -0.25) is 4.79 Å². The van der Waals surface area contributed by atoms with Crippen molar-refractivity contribution in [3.05, 3.63) is 59.2 Å². The summed E-state index contributed by atoms with van der Waals surface area (Å²) in [6, 6.07) is 5.04. The van der Waals surface area contributed by atoms with Gasteiger partial charge in [0, 0.05) is 43.2 Å². The molecule has 2 aromatic heterocycles. The average Bonchev–Trinajstić information content (AvgIpc) is 2.66. The molecule has 156 valence electrons. The number of hydrogen-bond donors (Lipinski definition) is 3. The van der Waals surface area contributed by atoms with E-state index < -0.39 is 17.5 Å². The number of benzene rings is 1. The van der Waals surface area contributed by atoms with Crippen LogP contribution < -0.4 is 20.7 Å². The molecule has 2 heterocycles. The van der Waals surface area contributed by atoms with E-state index in [1.165, 1.54) is 26.4 Å². The first-order chi connectivity index (χ1) is 14.3. The van der Waals surface area contributed by atoms with Crippen molar-refractivity contribution in [3.8, 4) is 5.75 Å². The van der Waals surface area contributed by atoms with Crippen molar-refractivity contribution >= 4 is 28.9 Å². The molecule has 0 radical (unpaired) electrons. The summed E-state index contributed by atoms with van der Waals surface area (Å²) in [6.45, 7) is 3.60. The van der Waals surface area contributed by atoms with Gasteiger partial charge in [0.1, 0.15) is 23.3 Å². The van der Waals surface area contributed by atoms with Crippen molar-refractivity contribution in [2.24, 2.45) is 0 Å². The van der Waals surface area contributed by atoms with E-state index in [-0.39, 0.29) is 22.7 Å². The SMILES string of the molecule is CNC(=O)c1cnc(Nc2cc(C)nc(C)n2)cc1Nc1cc(F)cc(F)c1OC. The number of amides is 1. The van der Waals surface area contributed by atoms with Crippen molar-refractivity contribution < 1.29 is 18.3 Å². The van der Waals surface area contributed by atoms with Gasteiger partial charge in [0.15, 0.2) is 11.6 Å². The average molecular weight is 414 g/mol. The monoisotopic (exact) mass is 414 g/mol. The number of ether oxygens (including phenoxy) is 1. The lowest BCUT2D eigenvalue weighted by Gasteiger charge is -2.16. The highest BCUT2D eigenvalue weighted by Gasteiger charge is 2.17.